The van der Waals surface area contributed by atoms with Crippen molar-refractivity contribution in [1.82, 2.24) is 5.32 Å². The molecule has 2 nitrogen and oxygen atoms in total. The predicted octanol–water partition coefficient (Wildman–Crippen LogP) is 4.23. The maximum atomic E-state index is 5.40. The Balaban J connectivity index is 2.18. The molecule has 2 heterocycles. The Bertz CT molecular complexity index is 540. The van der Waals surface area contributed by atoms with Crippen molar-refractivity contribution in [1.29, 1.82) is 0 Å². The summed E-state index contributed by atoms with van der Waals surface area (Å²) in [5, 5.41) is 3.44. The fraction of sp³-hybridized carbons (Fsp3) is 0.467. The molecule has 0 aromatic carbocycles. The summed E-state index contributed by atoms with van der Waals surface area (Å²) in [6.45, 7) is 6.71. The minimum atomic E-state index is 0.682. The summed E-state index contributed by atoms with van der Waals surface area (Å²) in [6, 6.07) is 0. The zero-order chi connectivity index (χ0) is 12.7. The van der Waals surface area contributed by atoms with E-state index in [1.807, 2.05) is 6.26 Å². The molecule has 0 bridgehead atoms. The van der Waals surface area contributed by atoms with Crippen LogP contribution in [0.15, 0.2) is 21.4 Å². The van der Waals surface area contributed by atoms with Gasteiger partial charge in [0, 0.05) is 11.1 Å². The van der Waals surface area contributed by atoms with Gasteiger partial charge in [0.1, 0.15) is 6.26 Å². The second-order valence-electron chi connectivity index (χ2n) is 5.20. The van der Waals surface area contributed by atoms with E-state index in [2.05, 4.69) is 35.1 Å². The Morgan fingerprint density at radius 1 is 1.17 bits per heavy atom. The van der Waals surface area contributed by atoms with Crippen LogP contribution in [0.4, 0.5) is 0 Å². The molecule has 3 heteroatoms. The van der Waals surface area contributed by atoms with Gasteiger partial charge in [-0.25, -0.2) is 0 Å². The minimum Gasteiger partial charge on any atom is -0.471 e. The molecule has 1 saturated heterocycles. The average Bonchev–Trinajstić information content (AvgIpc) is 2.65. The highest BCUT2D eigenvalue weighted by Crippen LogP contribution is 2.46. The van der Waals surface area contributed by atoms with Gasteiger partial charge in [-0.2, -0.15) is 0 Å². The quantitative estimate of drug-likeness (QED) is 0.853. The first-order chi connectivity index (χ1) is 8.70. The van der Waals surface area contributed by atoms with Gasteiger partial charge in [-0.1, -0.05) is 0 Å². The van der Waals surface area contributed by atoms with Crippen molar-refractivity contribution in [2.75, 3.05) is 13.1 Å². The van der Waals surface area contributed by atoms with Crippen LogP contribution in [0.5, 0.6) is 0 Å². The summed E-state index contributed by atoms with van der Waals surface area (Å²) >= 11 is 3.65. The second kappa shape index (κ2) is 4.71. The molecule has 96 valence electrons. The summed E-state index contributed by atoms with van der Waals surface area (Å²) in [5.41, 5.74) is 6.97. The van der Waals surface area contributed by atoms with Crippen LogP contribution in [-0.4, -0.2) is 13.1 Å². The van der Waals surface area contributed by atoms with Crippen LogP contribution in [0.25, 0.3) is 11.1 Å². The van der Waals surface area contributed by atoms with E-state index in [-0.39, 0.29) is 0 Å². The Hall–Kier alpha value is -0.800. The van der Waals surface area contributed by atoms with E-state index in [0.29, 0.717) is 5.92 Å². The largest absolute Gasteiger partial charge is 0.471 e. The number of halogens is 1. The van der Waals surface area contributed by atoms with E-state index >= 15 is 0 Å². The molecule has 2 aliphatic heterocycles. The molecule has 3 aliphatic rings. The highest BCUT2D eigenvalue weighted by Gasteiger charge is 2.27. The van der Waals surface area contributed by atoms with Crippen LogP contribution in [0.1, 0.15) is 35.4 Å². The van der Waals surface area contributed by atoms with Gasteiger partial charge in [0.05, 0.1) is 10.7 Å². The van der Waals surface area contributed by atoms with Gasteiger partial charge in [0.2, 0.25) is 0 Å². The number of nitrogens with one attached hydrogen (secondary N) is 1. The maximum absolute atomic E-state index is 5.40. The van der Waals surface area contributed by atoms with Crippen molar-refractivity contribution in [2.45, 2.75) is 32.6 Å². The summed E-state index contributed by atoms with van der Waals surface area (Å²) in [7, 11) is 0. The lowest BCUT2D eigenvalue weighted by atomic mass is 9.87. The molecule has 0 saturated carbocycles. The number of piperidine rings is 1. The molecule has 0 aromatic heterocycles. The van der Waals surface area contributed by atoms with Gasteiger partial charge in [-0.05, 0) is 78.3 Å². The van der Waals surface area contributed by atoms with Gasteiger partial charge in [0.15, 0.2) is 0 Å². The minimum absolute atomic E-state index is 0.682. The molecule has 18 heavy (non-hydrogen) atoms. The van der Waals surface area contributed by atoms with Crippen molar-refractivity contribution in [3.05, 3.63) is 33.7 Å². The molecular formula is C15H18BrNO. The summed E-state index contributed by atoms with van der Waals surface area (Å²) < 4.78 is 6.49. The van der Waals surface area contributed by atoms with E-state index in [0.717, 1.165) is 17.6 Å². The van der Waals surface area contributed by atoms with Crippen LogP contribution in [0.2, 0.25) is 0 Å². The normalized spacial score (nSPS) is 17.5. The molecule has 0 aromatic rings. The van der Waals surface area contributed by atoms with E-state index in [1.165, 1.54) is 40.7 Å². The third kappa shape index (κ3) is 1.81. The highest BCUT2D eigenvalue weighted by molar-refractivity contribution is 9.10. The first kappa shape index (κ1) is 12.2. The van der Waals surface area contributed by atoms with Crippen molar-refractivity contribution in [3.8, 4) is 11.1 Å². The van der Waals surface area contributed by atoms with E-state index < -0.39 is 0 Å². The van der Waals surface area contributed by atoms with Crippen molar-refractivity contribution >= 4 is 15.9 Å². The molecule has 1 aliphatic carbocycles. The van der Waals surface area contributed by atoms with Crippen LogP contribution in [0.3, 0.4) is 0 Å². The predicted molar refractivity (Wildman–Crippen MR) is 77.3 cm³/mol. The fourth-order valence-corrected chi connectivity index (χ4v) is 3.71. The van der Waals surface area contributed by atoms with E-state index in [9.17, 15) is 0 Å². The topological polar surface area (TPSA) is 25.2 Å². The molecule has 0 amide bonds. The van der Waals surface area contributed by atoms with Crippen LogP contribution in [0, 0.1) is 13.8 Å². The van der Waals surface area contributed by atoms with Crippen molar-refractivity contribution < 1.29 is 4.42 Å². The molecule has 0 unspecified atom stereocenters. The van der Waals surface area contributed by atoms with Crippen LogP contribution >= 0.6 is 15.9 Å². The Kier molecular flexibility index (Phi) is 3.20. The second-order valence-corrected chi connectivity index (χ2v) is 6.05. The van der Waals surface area contributed by atoms with E-state index in [1.54, 1.807) is 6.26 Å². The van der Waals surface area contributed by atoms with Gasteiger partial charge >= 0.3 is 0 Å². The smallest absolute Gasteiger partial charge is 0.105 e. The highest BCUT2D eigenvalue weighted by atomic mass is 79.9. The molecule has 0 atom stereocenters. The van der Waals surface area contributed by atoms with Crippen molar-refractivity contribution in [3.63, 3.8) is 0 Å². The zero-order valence-electron chi connectivity index (χ0n) is 10.8. The van der Waals surface area contributed by atoms with Crippen LogP contribution in [-0.2, 0) is 0 Å². The Morgan fingerprint density at radius 3 is 2.61 bits per heavy atom. The number of rotatable bonds is 1. The van der Waals surface area contributed by atoms with Gasteiger partial charge in [-0.15, -0.1) is 0 Å². The molecule has 3 rings (SSSR count). The molecule has 1 N–H and O–H groups in total. The molecular weight excluding hydrogens is 290 g/mol. The third-order valence-electron chi connectivity index (χ3n) is 4.25. The zero-order valence-corrected chi connectivity index (χ0v) is 12.4. The van der Waals surface area contributed by atoms with Gasteiger partial charge in [-0.3, -0.25) is 0 Å². The standard InChI is InChI=1S/C15H18BrNO/c1-9-10(2)14(11-3-5-17-6-4-11)15-12(9)7-18-8-13(15)16/h7-8,11,17H,3-6H2,1-2H3. The van der Waals surface area contributed by atoms with Gasteiger partial charge in [0.25, 0.3) is 0 Å². The first-order valence-electron chi connectivity index (χ1n) is 6.55. The average molecular weight is 308 g/mol. The van der Waals surface area contributed by atoms with E-state index in [4.69, 9.17) is 4.42 Å². The molecule has 0 spiro atoms. The number of hydrogen-bond donors (Lipinski definition) is 1. The fourth-order valence-electron chi connectivity index (χ4n) is 3.17. The SMILES string of the molecule is Cc1c2cocc(Br)c-2c(C2CCNCC2)c1C. The lowest BCUT2D eigenvalue weighted by Gasteiger charge is -2.24. The molecule has 1 fully saturated rings. The number of fused-ring (bicyclic) bond motifs is 1. The summed E-state index contributed by atoms with van der Waals surface area (Å²) in [5.74, 6) is 0.682. The van der Waals surface area contributed by atoms with Crippen LogP contribution < -0.4 is 5.32 Å². The lowest BCUT2D eigenvalue weighted by Crippen LogP contribution is -2.26. The third-order valence-corrected chi connectivity index (χ3v) is 4.84. The summed E-state index contributed by atoms with van der Waals surface area (Å²) in [6.07, 6.45) is 6.15. The Labute approximate surface area is 116 Å². The number of hydrogen-bond acceptors (Lipinski definition) is 2. The Morgan fingerprint density at radius 2 is 1.89 bits per heavy atom. The van der Waals surface area contributed by atoms with Crippen molar-refractivity contribution in [2.24, 2.45) is 0 Å². The molecule has 0 radical (unpaired) electrons. The monoisotopic (exact) mass is 307 g/mol. The summed E-state index contributed by atoms with van der Waals surface area (Å²) in [4.78, 5) is 0. The first-order valence-corrected chi connectivity index (χ1v) is 7.34. The maximum Gasteiger partial charge on any atom is 0.105 e. The van der Waals surface area contributed by atoms with Gasteiger partial charge < -0.3 is 9.73 Å². The lowest BCUT2D eigenvalue weighted by molar-refractivity contribution is 0.460.